The van der Waals surface area contributed by atoms with Gasteiger partial charge in [0.2, 0.25) is 5.91 Å². The largest absolute Gasteiger partial charge is 0.482 e. The summed E-state index contributed by atoms with van der Waals surface area (Å²) in [4.78, 5) is 29.2. The van der Waals surface area contributed by atoms with Crippen molar-refractivity contribution in [1.82, 2.24) is 10.2 Å². The van der Waals surface area contributed by atoms with Crippen molar-refractivity contribution >= 4 is 17.5 Å². The smallest absolute Gasteiger partial charge is 0.416 e. The predicted molar refractivity (Wildman–Crippen MR) is 133 cm³/mol. The first-order valence-electron chi connectivity index (χ1n) is 13.0. The van der Waals surface area contributed by atoms with E-state index >= 15 is 0 Å². The van der Waals surface area contributed by atoms with E-state index in [1.807, 2.05) is 12.1 Å². The monoisotopic (exact) mass is 569 g/mol. The van der Waals surface area contributed by atoms with E-state index in [9.17, 15) is 35.9 Å². The molecule has 1 saturated heterocycles. The Morgan fingerprint density at radius 1 is 1.02 bits per heavy atom. The van der Waals surface area contributed by atoms with E-state index in [0.29, 0.717) is 62.0 Å². The van der Waals surface area contributed by atoms with E-state index in [2.05, 4.69) is 10.2 Å². The average Bonchev–Trinajstić information content (AvgIpc) is 3.61. The Morgan fingerprint density at radius 2 is 1.70 bits per heavy atom. The molecule has 0 bridgehead atoms. The molecule has 6 nitrogen and oxygen atoms in total. The third kappa shape index (κ3) is 6.06. The number of halogens is 6. The van der Waals surface area contributed by atoms with Crippen LogP contribution in [0.3, 0.4) is 0 Å². The van der Waals surface area contributed by atoms with Crippen LogP contribution in [0.2, 0.25) is 0 Å². The van der Waals surface area contributed by atoms with Gasteiger partial charge in [-0.05, 0) is 66.8 Å². The van der Waals surface area contributed by atoms with Crippen molar-refractivity contribution in [3.05, 3.63) is 58.7 Å². The number of carbonyl (C=O) groups is 2. The van der Waals surface area contributed by atoms with Gasteiger partial charge in [-0.25, -0.2) is 0 Å². The molecule has 1 saturated carbocycles. The summed E-state index contributed by atoms with van der Waals surface area (Å²) in [5.41, 5.74) is -2.28. The highest BCUT2D eigenvalue weighted by Crippen LogP contribution is 2.46. The summed E-state index contributed by atoms with van der Waals surface area (Å²) in [5, 5.41) is 2.65. The van der Waals surface area contributed by atoms with Gasteiger partial charge >= 0.3 is 12.4 Å². The Balaban J connectivity index is 1.30. The van der Waals surface area contributed by atoms with Crippen molar-refractivity contribution in [3.63, 3.8) is 0 Å². The van der Waals surface area contributed by atoms with Crippen molar-refractivity contribution in [2.45, 2.75) is 51.1 Å². The van der Waals surface area contributed by atoms with Crippen LogP contribution < -0.4 is 15.0 Å². The minimum Gasteiger partial charge on any atom is -0.482 e. The third-order valence-corrected chi connectivity index (χ3v) is 7.91. The normalized spacial score (nSPS) is 21.8. The number of rotatable bonds is 7. The van der Waals surface area contributed by atoms with Crippen LogP contribution >= 0.6 is 0 Å². The highest BCUT2D eigenvalue weighted by Gasteiger charge is 2.47. The first-order chi connectivity index (χ1) is 18.7. The SMILES string of the molecule is CN1C(=O)COc2ccc(CN3CCC(CC4CC4)(C(=O)NCc4cc(C(F)(F)F)cc(C(F)(F)F)c4)C3)cc21. The molecule has 2 amide bonds. The van der Waals surface area contributed by atoms with E-state index in [0.717, 1.165) is 18.4 Å². The molecular formula is C28H29F6N3O3. The van der Waals surface area contributed by atoms with E-state index in [-0.39, 0.29) is 30.1 Å². The average molecular weight is 570 g/mol. The highest BCUT2D eigenvalue weighted by molar-refractivity contribution is 5.97. The van der Waals surface area contributed by atoms with Gasteiger partial charge in [0.05, 0.1) is 22.2 Å². The summed E-state index contributed by atoms with van der Waals surface area (Å²) in [7, 11) is 1.68. The fourth-order valence-electron chi connectivity index (χ4n) is 5.58. The maximum absolute atomic E-state index is 13.5. The molecule has 5 rings (SSSR count). The van der Waals surface area contributed by atoms with Crippen molar-refractivity contribution in [3.8, 4) is 5.75 Å². The topological polar surface area (TPSA) is 61.9 Å². The molecule has 1 aliphatic carbocycles. The number of benzene rings is 2. The van der Waals surface area contributed by atoms with Gasteiger partial charge in [0, 0.05) is 26.7 Å². The van der Waals surface area contributed by atoms with Gasteiger partial charge in [-0.15, -0.1) is 0 Å². The molecule has 1 N–H and O–H groups in total. The number of anilines is 1. The van der Waals surface area contributed by atoms with Crippen LogP contribution in [0.5, 0.6) is 5.75 Å². The second kappa shape index (κ2) is 10.3. The van der Waals surface area contributed by atoms with Crippen LogP contribution in [0.15, 0.2) is 36.4 Å². The molecule has 2 aromatic carbocycles. The third-order valence-electron chi connectivity index (χ3n) is 7.91. The number of nitrogens with one attached hydrogen (secondary N) is 1. The van der Waals surface area contributed by atoms with E-state index < -0.39 is 35.4 Å². The maximum atomic E-state index is 13.5. The minimum atomic E-state index is -4.95. The Hall–Kier alpha value is -3.28. The number of hydrogen-bond donors (Lipinski definition) is 1. The summed E-state index contributed by atoms with van der Waals surface area (Å²) >= 11 is 0. The molecule has 0 aromatic heterocycles. The molecule has 0 spiro atoms. The first-order valence-corrected chi connectivity index (χ1v) is 13.0. The molecule has 3 aliphatic rings. The zero-order valence-corrected chi connectivity index (χ0v) is 21.8. The van der Waals surface area contributed by atoms with E-state index in [4.69, 9.17) is 4.74 Å². The molecule has 1 unspecified atom stereocenters. The lowest BCUT2D eigenvalue weighted by Gasteiger charge is -2.29. The number of carbonyl (C=O) groups excluding carboxylic acids is 2. The van der Waals surface area contributed by atoms with Crippen LogP contribution in [-0.2, 0) is 35.0 Å². The zero-order chi connectivity index (χ0) is 28.9. The summed E-state index contributed by atoms with van der Waals surface area (Å²) in [6, 6.07) is 6.94. The number of nitrogens with zero attached hydrogens (tertiary/aromatic N) is 2. The van der Waals surface area contributed by atoms with Gasteiger partial charge < -0.3 is 15.0 Å². The molecule has 2 aliphatic heterocycles. The summed E-state index contributed by atoms with van der Waals surface area (Å²) in [6.07, 6.45) is -6.79. The summed E-state index contributed by atoms with van der Waals surface area (Å²) in [5.74, 6) is 0.459. The lowest BCUT2D eigenvalue weighted by molar-refractivity contribution is -0.143. The number of fused-ring (bicyclic) bond motifs is 1. The number of likely N-dealkylation sites (tertiary alicyclic amines) is 1. The van der Waals surface area contributed by atoms with Gasteiger partial charge in [0.25, 0.3) is 5.91 Å². The van der Waals surface area contributed by atoms with Gasteiger partial charge in [-0.1, -0.05) is 18.9 Å². The molecule has 0 radical (unpaired) electrons. The van der Waals surface area contributed by atoms with E-state index in [1.54, 1.807) is 13.1 Å². The molecule has 1 atom stereocenters. The van der Waals surface area contributed by atoms with Gasteiger partial charge in [0.15, 0.2) is 6.61 Å². The minimum absolute atomic E-state index is 0.0220. The molecular weight excluding hydrogens is 540 g/mol. The Morgan fingerprint density at radius 3 is 2.33 bits per heavy atom. The predicted octanol–water partition coefficient (Wildman–Crippen LogP) is 5.39. The van der Waals surface area contributed by atoms with Crippen molar-refractivity contribution < 1.29 is 40.7 Å². The summed E-state index contributed by atoms with van der Waals surface area (Å²) < 4.78 is 85.0. The highest BCUT2D eigenvalue weighted by atomic mass is 19.4. The van der Waals surface area contributed by atoms with Crippen LogP contribution in [-0.4, -0.2) is 43.5 Å². The van der Waals surface area contributed by atoms with Crippen molar-refractivity contribution in [2.75, 3.05) is 31.6 Å². The van der Waals surface area contributed by atoms with Crippen molar-refractivity contribution in [2.24, 2.45) is 11.3 Å². The fourth-order valence-corrected chi connectivity index (χ4v) is 5.58. The standard InChI is InChI=1S/C28H29F6N3O3/c1-36-22-10-18(4-5-23(22)40-15-24(36)38)14-37-7-6-26(16-37,12-17-2-3-17)25(39)35-13-19-8-20(27(29,30)31)11-21(9-19)28(32,33)34/h4-5,8-11,17H,2-3,6-7,12-16H2,1H3,(H,35,39). The molecule has 40 heavy (non-hydrogen) atoms. The molecule has 216 valence electrons. The Kier molecular flexibility index (Phi) is 7.26. The van der Waals surface area contributed by atoms with Gasteiger partial charge in [0.1, 0.15) is 5.75 Å². The fraction of sp³-hybridized carbons (Fsp3) is 0.500. The second-order valence-corrected chi connectivity index (χ2v) is 11.0. The molecule has 2 aromatic rings. The molecule has 12 heteroatoms. The Labute approximate surface area is 227 Å². The first kappa shape index (κ1) is 28.3. The van der Waals surface area contributed by atoms with E-state index in [1.165, 1.54) is 4.90 Å². The zero-order valence-electron chi connectivity index (χ0n) is 21.8. The second-order valence-electron chi connectivity index (χ2n) is 11.0. The van der Waals surface area contributed by atoms with Crippen LogP contribution in [0.4, 0.5) is 32.0 Å². The number of hydrogen-bond acceptors (Lipinski definition) is 4. The number of alkyl halides is 6. The van der Waals surface area contributed by atoms with Gasteiger partial charge in [-0.2, -0.15) is 26.3 Å². The van der Waals surface area contributed by atoms with Crippen LogP contribution in [0.1, 0.15) is 47.9 Å². The van der Waals surface area contributed by atoms with Crippen molar-refractivity contribution in [1.29, 1.82) is 0 Å². The molecule has 2 fully saturated rings. The Bertz CT molecular complexity index is 1270. The lowest BCUT2D eigenvalue weighted by Crippen LogP contribution is -2.43. The quantitative estimate of drug-likeness (QED) is 0.455. The molecule has 2 heterocycles. The number of likely N-dealkylation sites (N-methyl/N-ethyl adjacent to an activating group) is 1. The number of ether oxygens (including phenoxy) is 1. The van der Waals surface area contributed by atoms with Crippen LogP contribution in [0.25, 0.3) is 0 Å². The lowest BCUT2D eigenvalue weighted by atomic mass is 9.80. The van der Waals surface area contributed by atoms with Crippen LogP contribution in [0, 0.1) is 11.3 Å². The maximum Gasteiger partial charge on any atom is 0.416 e. The summed E-state index contributed by atoms with van der Waals surface area (Å²) in [6.45, 7) is 1.06. The number of amides is 2. The van der Waals surface area contributed by atoms with Gasteiger partial charge in [-0.3, -0.25) is 14.5 Å².